The first kappa shape index (κ1) is 14.1. The van der Waals surface area contributed by atoms with Crippen LogP contribution in [0.2, 0.25) is 0 Å². The van der Waals surface area contributed by atoms with E-state index in [1.54, 1.807) is 12.4 Å². The van der Waals surface area contributed by atoms with Crippen molar-refractivity contribution in [1.82, 2.24) is 25.1 Å². The zero-order valence-electron chi connectivity index (χ0n) is 12.3. The first-order valence-corrected chi connectivity index (χ1v) is 7.06. The fourth-order valence-electron chi connectivity index (χ4n) is 2.25. The molecule has 0 radical (unpaired) electrons. The van der Waals surface area contributed by atoms with Gasteiger partial charge in [-0.15, -0.1) is 0 Å². The SMILES string of the molecule is Cc1cc(CNC(=O)Cn2ccnc2-c2ccccc2)n[nH]1. The predicted molar refractivity (Wildman–Crippen MR) is 82.8 cm³/mol. The molecule has 0 saturated heterocycles. The van der Waals surface area contributed by atoms with Gasteiger partial charge in [-0.25, -0.2) is 4.98 Å². The number of carbonyl (C=O) groups excluding carboxylic acids is 1. The van der Waals surface area contributed by atoms with Crippen LogP contribution in [0.15, 0.2) is 48.8 Å². The summed E-state index contributed by atoms with van der Waals surface area (Å²) in [5.74, 6) is 0.710. The fraction of sp³-hybridized carbons (Fsp3) is 0.188. The van der Waals surface area contributed by atoms with E-state index in [0.29, 0.717) is 6.54 Å². The van der Waals surface area contributed by atoms with Crippen molar-refractivity contribution in [2.24, 2.45) is 0 Å². The Morgan fingerprint density at radius 2 is 2.14 bits per heavy atom. The highest BCUT2D eigenvalue weighted by Gasteiger charge is 2.09. The number of aromatic amines is 1. The second-order valence-electron chi connectivity index (χ2n) is 5.06. The van der Waals surface area contributed by atoms with Crippen LogP contribution in [0.5, 0.6) is 0 Å². The van der Waals surface area contributed by atoms with Gasteiger partial charge in [0.2, 0.25) is 5.91 Å². The summed E-state index contributed by atoms with van der Waals surface area (Å²) in [4.78, 5) is 16.4. The fourth-order valence-corrected chi connectivity index (χ4v) is 2.25. The van der Waals surface area contributed by atoms with Crippen LogP contribution in [0.1, 0.15) is 11.4 Å². The van der Waals surface area contributed by atoms with E-state index in [-0.39, 0.29) is 12.5 Å². The quantitative estimate of drug-likeness (QED) is 0.755. The summed E-state index contributed by atoms with van der Waals surface area (Å²) in [6.45, 7) is 2.57. The molecule has 2 heterocycles. The Morgan fingerprint density at radius 3 is 2.86 bits per heavy atom. The molecule has 0 unspecified atom stereocenters. The van der Waals surface area contributed by atoms with Crippen LogP contribution in [0.4, 0.5) is 0 Å². The molecule has 3 rings (SSSR count). The van der Waals surface area contributed by atoms with E-state index < -0.39 is 0 Å². The lowest BCUT2D eigenvalue weighted by Crippen LogP contribution is -2.27. The van der Waals surface area contributed by atoms with E-state index in [0.717, 1.165) is 22.8 Å². The molecule has 1 amide bonds. The van der Waals surface area contributed by atoms with Crippen LogP contribution in [0, 0.1) is 6.92 Å². The van der Waals surface area contributed by atoms with Crippen LogP contribution >= 0.6 is 0 Å². The van der Waals surface area contributed by atoms with Gasteiger partial charge in [-0.05, 0) is 13.0 Å². The summed E-state index contributed by atoms with van der Waals surface area (Å²) in [5.41, 5.74) is 2.79. The second-order valence-corrected chi connectivity index (χ2v) is 5.06. The molecule has 0 atom stereocenters. The minimum absolute atomic E-state index is 0.0733. The third-order valence-electron chi connectivity index (χ3n) is 3.29. The number of amides is 1. The number of aromatic nitrogens is 4. The Morgan fingerprint density at radius 1 is 1.32 bits per heavy atom. The zero-order valence-corrected chi connectivity index (χ0v) is 12.3. The second kappa shape index (κ2) is 6.26. The van der Waals surface area contributed by atoms with Crippen molar-refractivity contribution in [2.75, 3.05) is 0 Å². The van der Waals surface area contributed by atoms with Crippen LogP contribution in [0.3, 0.4) is 0 Å². The molecular weight excluding hydrogens is 278 g/mol. The van der Waals surface area contributed by atoms with Gasteiger partial charge in [-0.1, -0.05) is 30.3 Å². The lowest BCUT2D eigenvalue weighted by Gasteiger charge is -2.08. The number of nitrogens with zero attached hydrogens (tertiary/aromatic N) is 3. The minimum atomic E-state index is -0.0733. The minimum Gasteiger partial charge on any atom is -0.349 e. The summed E-state index contributed by atoms with van der Waals surface area (Å²) in [6, 6.07) is 11.7. The molecule has 3 aromatic rings. The third kappa shape index (κ3) is 3.22. The molecule has 0 aliphatic rings. The van der Waals surface area contributed by atoms with Crippen molar-refractivity contribution < 1.29 is 4.79 Å². The monoisotopic (exact) mass is 295 g/mol. The van der Waals surface area contributed by atoms with Crippen molar-refractivity contribution >= 4 is 5.91 Å². The molecular formula is C16H17N5O. The van der Waals surface area contributed by atoms with Gasteiger partial charge in [0, 0.05) is 23.7 Å². The molecule has 0 saturated carbocycles. The molecule has 112 valence electrons. The highest BCUT2D eigenvalue weighted by molar-refractivity contribution is 5.76. The summed E-state index contributed by atoms with van der Waals surface area (Å²) >= 11 is 0. The van der Waals surface area contributed by atoms with Crippen LogP contribution in [-0.4, -0.2) is 25.7 Å². The molecule has 2 aromatic heterocycles. The van der Waals surface area contributed by atoms with E-state index in [4.69, 9.17) is 0 Å². The molecule has 2 N–H and O–H groups in total. The van der Waals surface area contributed by atoms with Crippen LogP contribution in [0.25, 0.3) is 11.4 Å². The van der Waals surface area contributed by atoms with Crippen LogP contribution in [-0.2, 0) is 17.9 Å². The van der Waals surface area contributed by atoms with Gasteiger partial charge in [0.15, 0.2) is 0 Å². The Hall–Kier alpha value is -2.89. The lowest BCUT2D eigenvalue weighted by molar-refractivity contribution is -0.121. The maximum absolute atomic E-state index is 12.1. The lowest BCUT2D eigenvalue weighted by atomic mass is 10.2. The number of H-pyrrole nitrogens is 1. The Labute approximate surface area is 128 Å². The van der Waals surface area contributed by atoms with E-state index in [9.17, 15) is 4.79 Å². The molecule has 0 spiro atoms. The van der Waals surface area contributed by atoms with E-state index in [2.05, 4.69) is 20.5 Å². The van der Waals surface area contributed by atoms with E-state index >= 15 is 0 Å². The molecule has 22 heavy (non-hydrogen) atoms. The van der Waals surface area contributed by atoms with Crippen molar-refractivity contribution in [2.45, 2.75) is 20.0 Å². The number of carbonyl (C=O) groups is 1. The summed E-state index contributed by atoms with van der Waals surface area (Å²) < 4.78 is 1.83. The number of hydrogen-bond acceptors (Lipinski definition) is 3. The molecule has 0 fully saturated rings. The van der Waals surface area contributed by atoms with Crippen molar-refractivity contribution in [3.8, 4) is 11.4 Å². The van der Waals surface area contributed by atoms with Gasteiger partial charge >= 0.3 is 0 Å². The largest absolute Gasteiger partial charge is 0.349 e. The van der Waals surface area contributed by atoms with Crippen molar-refractivity contribution in [3.63, 3.8) is 0 Å². The Bertz CT molecular complexity index is 760. The van der Waals surface area contributed by atoms with Gasteiger partial charge in [-0.2, -0.15) is 5.10 Å². The van der Waals surface area contributed by atoms with E-state index in [1.807, 2.05) is 47.9 Å². The highest BCUT2D eigenvalue weighted by Crippen LogP contribution is 2.16. The normalized spacial score (nSPS) is 10.6. The molecule has 1 aromatic carbocycles. The van der Waals surface area contributed by atoms with E-state index in [1.165, 1.54) is 0 Å². The summed E-state index contributed by atoms with van der Waals surface area (Å²) in [5, 5.41) is 9.80. The maximum atomic E-state index is 12.1. The molecule has 0 aliphatic heterocycles. The Kier molecular flexibility index (Phi) is 4.00. The summed E-state index contributed by atoms with van der Waals surface area (Å²) in [7, 11) is 0. The first-order valence-electron chi connectivity index (χ1n) is 7.06. The van der Waals surface area contributed by atoms with Crippen LogP contribution < -0.4 is 5.32 Å². The number of aryl methyl sites for hydroxylation is 1. The van der Waals surface area contributed by atoms with Gasteiger partial charge in [0.25, 0.3) is 0 Å². The number of rotatable bonds is 5. The number of imidazole rings is 1. The Balaban J connectivity index is 1.64. The molecule has 6 heteroatoms. The number of hydrogen-bond donors (Lipinski definition) is 2. The van der Waals surface area contributed by atoms with Crippen molar-refractivity contribution in [1.29, 1.82) is 0 Å². The standard InChI is InChI=1S/C16H17N5O/c1-12-9-14(20-19-12)10-18-15(22)11-21-8-7-17-16(21)13-5-3-2-4-6-13/h2-9H,10-11H2,1H3,(H,18,22)(H,19,20). The predicted octanol–water partition coefficient (Wildman–Crippen LogP) is 1.90. The molecule has 0 aliphatic carbocycles. The first-order chi connectivity index (χ1) is 10.7. The average Bonchev–Trinajstić information content (AvgIpc) is 3.15. The van der Waals surface area contributed by atoms with Gasteiger partial charge in [0.05, 0.1) is 12.2 Å². The molecule has 0 bridgehead atoms. The number of benzene rings is 1. The maximum Gasteiger partial charge on any atom is 0.240 e. The average molecular weight is 295 g/mol. The van der Waals surface area contributed by atoms with Crippen molar-refractivity contribution in [3.05, 3.63) is 60.2 Å². The van der Waals surface area contributed by atoms with Gasteiger partial charge < -0.3 is 9.88 Å². The topological polar surface area (TPSA) is 75.6 Å². The number of nitrogens with one attached hydrogen (secondary N) is 2. The third-order valence-corrected chi connectivity index (χ3v) is 3.29. The van der Waals surface area contributed by atoms with Gasteiger partial charge in [-0.3, -0.25) is 9.89 Å². The van der Waals surface area contributed by atoms with Gasteiger partial charge in [0.1, 0.15) is 12.4 Å². The molecule has 6 nitrogen and oxygen atoms in total. The highest BCUT2D eigenvalue weighted by atomic mass is 16.1. The smallest absolute Gasteiger partial charge is 0.240 e. The summed E-state index contributed by atoms with van der Waals surface area (Å²) in [6.07, 6.45) is 3.51. The zero-order chi connectivity index (χ0) is 15.4.